The summed E-state index contributed by atoms with van der Waals surface area (Å²) >= 11 is 0. The van der Waals surface area contributed by atoms with Gasteiger partial charge in [-0.3, -0.25) is 0 Å². The second kappa shape index (κ2) is 14.9. The molecule has 0 aromatic carbocycles. The van der Waals surface area contributed by atoms with Crippen molar-refractivity contribution in [2.24, 2.45) is 0 Å². The summed E-state index contributed by atoms with van der Waals surface area (Å²) in [7, 11) is 1.71. The molecule has 0 spiro atoms. The van der Waals surface area contributed by atoms with Crippen molar-refractivity contribution in [3.05, 3.63) is 12.7 Å². The minimum atomic E-state index is -1.86. The Labute approximate surface area is 143 Å². The molecule has 23 heavy (non-hydrogen) atoms. The van der Waals surface area contributed by atoms with E-state index in [1.54, 1.807) is 14.2 Å². The van der Waals surface area contributed by atoms with Gasteiger partial charge in [-0.1, -0.05) is 64.9 Å². The highest BCUT2D eigenvalue weighted by Crippen LogP contribution is 2.21. The quantitative estimate of drug-likeness (QED) is 0.171. The van der Waals surface area contributed by atoms with Crippen LogP contribution in [0.2, 0.25) is 12.1 Å². The van der Waals surface area contributed by atoms with Crippen LogP contribution in [0.3, 0.4) is 0 Å². The van der Waals surface area contributed by atoms with Gasteiger partial charge in [0.2, 0.25) is 0 Å². The second-order valence-electron chi connectivity index (χ2n) is 5.98. The molecule has 0 rings (SSSR count). The molecule has 0 fully saturated rings. The Morgan fingerprint density at radius 1 is 0.913 bits per heavy atom. The molecule has 0 aliphatic carbocycles. The monoisotopic (exact) mass is 344 g/mol. The van der Waals surface area contributed by atoms with Gasteiger partial charge >= 0.3 is 14.5 Å². The molecule has 0 aromatic heterocycles. The lowest BCUT2D eigenvalue weighted by atomic mass is 10.1. The van der Waals surface area contributed by atoms with Crippen molar-refractivity contribution in [1.82, 2.24) is 0 Å². The first-order valence-corrected chi connectivity index (χ1v) is 11.3. The molecule has 0 bridgehead atoms. The Hall–Kier alpha value is -0.653. The van der Waals surface area contributed by atoms with Crippen LogP contribution >= 0.6 is 0 Å². The molecule has 5 heteroatoms. The van der Waals surface area contributed by atoms with E-state index in [1.807, 2.05) is 0 Å². The number of ether oxygens (including phenoxy) is 1. The van der Waals surface area contributed by atoms with Crippen LogP contribution in [0.1, 0.15) is 64.7 Å². The molecule has 0 aliphatic heterocycles. The molecule has 136 valence electrons. The van der Waals surface area contributed by atoms with Gasteiger partial charge < -0.3 is 13.6 Å². The van der Waals surface area contributed by atoms with Crippen LogP contribution in [0.15, 0.2) is 12.7 Å². The van der Waals surface area contributed by atoms with Crippen LogP contribution in [0.4, 0.5) is 0 Å². The van der Waals surface area contributed by atoms with Gasteiger partial charge in [0.15, 0.2) is 0 Å². The van der Waals surface area contributed by atoms with Gasteiger partial charge in [-0.2, -0.15) is 0 Å². The van der Waals surface area contributed by atoms with Gasteiger partial charge in [-0.15, -0.1) is 0 Å². The summed E-state index contributed by atoms with van der Waals surface area (Å²) in [5.74, 6) is -0.318. The van der Waals surface area contributed by atoms with E-state index in [1.165, 1.54) is 51.0 Å². The molecule has 0 N–H and O–H groups in total. The summed E-state index contributed by atoms with van der Waals surface area (Å²) in [6, 6.07) is 2.14. The number of carbonyl (C=O) groups excluding carboxylic acids is 1. The van der Waals surface area contributed by atoms with Crippen molar-refractivity contribution in [3.8, 4) is 0 Å². The average molecular weight is 345 g/mol. The lowest BCUT2D eigenvalue weighted by molar-refractivity contribution is -0.137. The fourth-order valence-corrected chi connectivity index (χ4v) is 5.01. The third-order valence-electron chi connectivity index (χ3n) is 4.40. The first-order chi connectivity index (χ1) is 11.1. The van der Waals surface area contributed by atoms with E-state index in [9.17, 15) is 4.79 Å². The SMILES string of the molecule is C=CC(=O)OCCCCCCCCCCC[Si](CC)(OC)OC. The molecule has 0 amide bonds. The molecule has 0 saturated heterocycles. The summed E-state index contributed by atoms with van der Waals surface area (Å²) in [4.78, 5) is 10.8. The molecule has 0 heterocycles. The number of esters is 1. The molecule has 0 radical (unpaired) electrons. The summed E-state index contributed by atoms with van der Waals surface area (Å²) < 4.78 is 16.2. The predicted octanol–water partition coefficient (Wildman–Crippen LogP) is 4.98. The maximum Gasteiger partial charge on any atom is 0.337 e. The Kier molecular flexibility index (Phi) is 14.5. The van der Waals surface area contributed by atoms with Crippen molar-refractivity contribution < 1.29 is 18.4 Å². The van der Waals surface area contributed by atoms with Crippen LogP contribution in [0, 0.1) is 0 Å². The van der Waals surface area contributed by atoms with Crippen LogP contribution in [-0.4, -0.2) is 35.4 Å². The maximum atomic E-state index is 10.8. The van der Waals surface area contributed by atoms with Crippen molar-refractivity contribution in [2.75, 3.05) is 20.8 Å². The van der Waals surface area contributed by atoms with Crippen LogP contribution in [0.25, 0.3) is 0 Å². The number of carbonyl (C=O) groups is 1. The van der Waals surface area contributed by atoms with E-state index in [-0.39, 0.29) is 5.97 Å². The minimum Gasteiger partial charge on any atom is -0.463 e. The van der Waals surface area contributed by atoms with Crippen molar-refractivity contribution in [1.29, 1.82) is 0 Å². The molecular formula is C18H36O4Si. The first-order valence-electron chi connectivity index (χ1n) is 9.03. The summed E-state index contributed by atoms with van der Waals surface area (Å²) in [6.45, 7) is 6.06. The normalized spacial score (nSPS) is 11.4. The first kappa shape index (κ1) is 22.3. The number of unbranched alkanes of at least 4 members (excludes halogenated alkanes) is 8. The highest BCUT2D eigenvalue weighted by atomic mass is 28.4. The topological polar surface area (TPSA) is 44.8 Å². The standard InChI is InChI=1S/C18H36O4Si/c1-5-18(19)22-16-14-12-10-8-7-9-11-13-15-17-23(6-2,20-3)21-4/h5H,1,6-17H2,2-4H3. The maximum absolute atomic E-state index is 10.8. The lowest BCUT2D eigenvalue weighted by Crippen LogP contribution is -2.38. The van der Waals surface area contributed by atoms with E-state index in [0.717, 1.165) is 24.9 Å². The lowest BCUT2D eigenvalue weighted by Gasteiger charge is -2.25. The highest BCUT2D eigenvalue weighted by molar-refractivity contribution is 6.67. The zero-order valence-electron chi connectivity index (χ0n) is 15.4. The minimum absolute atomic E-state index is 0.318. The van der Waals surface area contributed by atoms with E-state index >= 15 is 0 Å². The summed E-state index contributed by atoms with van der Waals surface area (Å²) in [5, 5.41) is 0. The van der Waals surface area contributed by atoms with Gasteiger partial charge in [0.25, 0.3) is 0 Å². The van der Waals surface area contributed by atoms with Crippen molar-refractivity contribution in [2.45, 2.75) is 76.8 Å². The van der Waals surface area contributed by atoms with Gasteiger partial charge in [-0.05, 0) is 18.5 Å². The van der Waals surface area contributed by atoms with Crippen molar-refractivity contribution in [3.63, 3.8) is 0 Å². The van der Waals surface area contributed by atoms with Crippen LogP contribution in [-0.2, 0) is 18.4 Å². The number of hydrogen-bond acceptors (Lipinski definition) is 4. The van der Waals surface area contributed by atoms with Crippen molar-refractivity contribution >= 4 is 14.5 Å². The predicted molar refractivity (Wildman–Crippen MR) is 97.8 cm³/mol. The molecule has 0 aliphatic rings. The van der Waals surface area contributed by atoms with Gasteiger partial charge in [0, 0.05) is 20.3 Å². The molecule has 0 unspecified atom stereocenters. The molecule has 4 nitrogen and oxygen atoms in total. The third-order valence-corrected chi connectivity index (χ3v) is 8.08. The largest absolute Gasteiger partial charge is 0.463 e. The zero-order chi connectivity index (χ0) is 17.4. The number of rotatable bonds is 16. The van der Waals surface area contributed by atoms with E-state index in [2.05, 4.69) is 13.5 Å². The van der Waals surface area contributed by atoms with E-state index in [0.29, 0.717) is 6.61 Å². The third kappa shape index (κ3) is 11.5. The Bertz CT molecular complexity index is 295. The summed E-state index contributed by atoms with van der Waals surface area (Å²) in [5.41, 5.74) is 0. The Morgan fingerprint density at radius 3 is 1.83 bits per heavy atom. The van der Waals surface area contributed by atoms with E-state index < -0.39 is 8.56 Å². The molecule has 0 atom stereocenters. The van der Waals surface area contributed by atoms with Crippen LogP contribution in [0.5, 0.6) is 0 Å². The van der Waals surface area contributed by atoms with Gasteiger partial charge in [0.1, 0.15) is 0 Å². The van der Waals surface area contributed by atoms with Crippen LogP contribution < -0.4 is 0 Å². The highest BCUT2D eigenvalue weighted by Gasteiger charge is 2.32. The zero-order valence-corrected chi connectivity index (χ0v) is 16.4. The second-order valence-corrected chi connectivity index (χ2v) is 9.82. The fraction of sp³-hybridized carbons (Fsp3) is 0.833. The Morgan fingerprint density at radius 2 is 1.39 bits per heavy atom. The average Bonchev–Trinajstić information content (AvgIpc) is 2.59. The smallest absolute Gasteiger partial charge is 0.337 e. The van der Waals surface area contributed by atoms with Gasteiger partial charge in [-0.25, -0.2) is 4.79 Å². The molecular weight excluding hydrogens is 308 g/mol. The van der Waals surface area contributed by atoms with Gasteiger partial charge in [0.05, 0.1) is 6.61 Å². The molecule has 0 aromatic rings. The number of hydrogen-bond donors (Lipinski definition) is 0. The van der Waals surface area contributed by atoms with E-state index in [4.69, 9.17) is 13.6 Å². The Balaban J connectivity index is 3.34. The molecule has 0 saturated carbocycles. The fourth-order valence-electron chi connectivity index (χ4n) is 2.72. The summed E-state index contributed by atoms with van der Waals surface area (Å²) in [6.07, 6.45) is 12.2.